The van der Waals surface area contributed by atoms with Crippen LogP contribution in [0.1, 0.15) is 36.3 Å². The zero-order valence-corrected chi connectivity index (χ0v) is 12.0. The van der Waals surface area contributed by atoms with Crippen molar-refractivity contribution in [3.63, 3.8) is 0 Å². The van der Waals surface area contributed by atoms with E-state index in [-0.39, 0.29) is 5.41 Å². The maximum absolute atomic E-state index is 4.78. The minimum absolute atomic E-state index is 0.132. The molecule has 0 saturated heterocycles. The number of nitrogens with one attached hydrogen (secondary N) is 1. The molecule has 16 heavy (non-hydrogen) atoms. The normalized spacial score (nSPS) is 12.4. The molecule has 1 rings (SSSR count). The molecule has 0 fully saturated rings. The molecule has 0 bridgehead atoms. The summed E-state index contributed by atoms with van der Waals surface area (Å²) in [5, 5.41) is 4.43. The van der Waals surface area contributed by atoms with E-state index in [4.69, 9.17) is 4.98 Å². The molecule has 0 atom stereocenters. The van der Waals surface area contributed by atoms with E-state index in [9.17, 15) is 0 Å². The van der Waals surface area contributed by atoms with Gasteiger partial charge in [0.2, 0.25) is 0 Å². The first-order chi connectivity index (χ1) is 7.34. The van der Waals surface area contributed by atoms with Gasteiger partial charge in [-0.15, -0.1) is 11.3 Å². The second kappa shape index (κ2) is 5.25. The molecule has 0 amide bonds. The first-order valence-corrected chi connectivity index (χ1v) is 6.44. The number of rotatable bonds is 4. The molecule has 0 unspecified atom stereocenters. The van der Waals surface area contributed by atoms with Crippen LogP contribution in [0.5, 0.6) is 0 Å². The standard InChI is InChI=1S/C12H23N3S/c1-12(2,3)11-9(7-13-4)16-10(14-11)8-15(5)6/h13H,7-8H2,1-6H3. The van der Waals surface area contributed by atoms with Gasteiger partial charge in [0.05, 0.1) is 5.69 Å². The summed E-state index contributed by atoms with van der Waals surface area (Å²) in [6.45, 7) is 8.51. The van der Waals surface area contributed by atoms with E-state index in [2.05, 4.69) is 45.1 Å². The molecule has 1 aromatic rings. The smallest absolute Gasteiger partial charge is 0.107 e. The van der Waals surface area contributed by atoms with Gasteiger partial charge in [-0.3, -0.25) is 0 Å². The minimum atomic E-state index is 0.132. The van der Waals surface area contributed by atoms with Gasteiger partial charge in [-0.05, 0) is 21.1 Å². The predicted molar refractivity (Wildman–Crippen MR) is 71.0 cm³/mol. The molecule has 92 valence electrons. The van der Waals surface area contributed by atoms with Crippen LogP contribution in [0.3, 0.4) is 0 Å². The van der Waals surface area contributed by atoms with Gasteiger partial charge in [-0.1, -0.05) is 20.8 Å². The number of aromatic nitrogens is 1. The molecule has 0 aliphatic rings. The monoisotopic (exact) mass is 241 g/mol. The van der Waals surface area contributed by atoms with Crippen LogP contribution in [0.25, 0.3) is 0 Å². The van der Waals surface area contributed by atoms with Crippen molar-refractivity contribution in [1.82, 2.24) is 15.2 Å². The van der Waals surface area contributed by atoms with Gasteiger partial charge in [0.1, 0.15) is 5.01 Å². The van der Waals surface area contributed by atoms with Crippen LogP contribution < -0.4 is 5.32 Å². The molecule has 0 spiro atoms. The first-order valence-electron chi connectivity index (χ1n) is 5.63. The summed E-state index contributed by atoms with van der Waals surface area (Å²) in [5.41, 5.74) is 1.37. The van der Waals surface area contributed by atoms with Gasteiger partial charge in [0, 0.05) is 23.4 Å². The summed E-state index contributed by atoms with van der Waals surface area (Å²) in [7, 11) is 6.14. The Hall–Kier alpha value is -0.450. The lowest BCUT2D eigenvalue weighted by Gasteiger charge is -2.17. The van der Waals surface area contributed by atoms with E-state index in [0.717, 1.165) is 13.1 Å². The van der Waals surface area contributed by atoms with Crippen LogP contribution >= 0.6 is 11.3 Å². The molecule has 0 aliphatic heterocycles. The van der Waals surface area contributed by atoms with E-state index >= 15 is 0 Å². The molecule has 4 heteroatoms. The summed E-state index contributed by atoms with van der Waals surface area (Å²) in [5.74, 6) is 0. The van der Waals surface area contributed by atoms with Gasteiger partial charge in [0.25, 0.3) is 0 Å². The van der Waals surface area contributed by atoms with Crippen LogP contribution in [0.2, 0.25) is 0 Å². The van der Waals surface area contributed by atoms with Crippen LogP contribution in [-0.4, -0.2) is 31.0 Å². The molecular formula is C12H23N3S. The number of nitrogens with zero attached hydrogens (tertiary/aromatic N) is 2. The zero-order valence-electron chi connectivity index (χ0n) is 11.2. The van der Waals surface area contributed by atoms with Gasteiger partial charge in [0.15, 0.2) is 0 Å². The largest absolute Gasteiger partial charge is 0.315 e. The molecule has 0 radical (unpaired) electrons. The highest BCUT2D eigenvalue weighted by molar-refractivity contribution is 7.11. The summed E-state index contributed by atoms with van der Waals surface area (Å²) in [4.78, 5) is 8.31. The van der Waals surface area contributed by atoms with E-state index in [0.29, 0.717) is 0 Å². The summed E-state index contributed by atoms with van der Waals surface area (Å²) >= 11 is 1.82. The van der Waals surface area contributed by atoms with Crippen molar-refractivity contribution in [1.29, 1.82) is 0 Å². The third-order valence-electron chi connectivity index (χ3n) is 2.24. The van der Waals surface area contributed by atoms with Crippen molar-refractivity contribution in [3.8, 4) is 0 Å². The van der Waals surface area contributed by atoms with E-state index in [1.807, 2.05) is 18.4 Å². The highest BCUT2D eigenvalue weighted by Gasteiger charge is 2.22. The Kier molecular flexibility index (Phi) is 4.47. The fraction of sp³-hybridized carbons (Fsp3) is 0.750. The summed E-state index contributed by atoms with van der Waals surface area (Å²) < 4.78 is 0. The molecular weight excluding hydrogens is 218 g/mol. The van der Waals surface area contributed by atoms with Gasteiger partial charge < -0.3 is 10.2 Å². The van der Waals surface area contributed by atoms with Crippen molar-refractivity contribution in [2.45, 2.75) is 39.3 Å². The molecule has 1 heterocycles. The molecule has 0 saturated carbocycles. The van der Waals surface area contributed by atoms with Crippen molar-refractivity contribution in [2.75, 3.05) is 21.1 Å². The van der Waals surface area contributed by atoms with Crippen LogP contribution in [0.15, 0.2) is 0 Å². The SMILES string of the molecule is CNCc1sc(CN(C)C)nc1C(C)(C)C. The number of thiazole rings is 1. The highest BCUT2D eigenvalue weighted by Crippen LogP contribution is 2.29. The second-order valence-electron chi connectivity index (χ2n) is 5.40. The molecule has 3 nitrogen and oxygen atoms in total. The van der Waals surface area contributed by atoms with E-state index < -0.39 is 0 Å². The Bertz CT molecular complexity index is 337. The lowest BCUT2D eigenvalue weighted by Crippen LogP contribution is -2.17. The Morgan fingerprint density at radius 1 is 1.31 bits per heavy atom. The lowest BCUT2D eigenvalue weighted by atomic mass is 9.91. The predicted octanol–water partition coefficient (Wildman–Crippen LogP) is 2.22. The molecule has 1 N–H and O–H groups in total. The lowest BCUT2D eigenvalue weighted by molar-refractivity contribution is 0.400. The molecule has 1 aromatic heterocycles. The van der Waals surface area contributed by atoms with Crippen LogP contribution in [0, 0.1) is 0 Å². The summed E-state index contributed by atoms with van der Waals surface area (Å²) in [6.07, 6.45) is 0. The van der Waals surface area contributed by atoms with Gasteiger partial charge >= 0.3 is 0 Å². The van der Waals surface area contributed by atoms with Crippen molar-refractivity contribution < 1.29 is 0 Å². The third-order valence-corrected chi connectivity index (χ3v) is 3.28. The van der Waals surface area contributed by atoms with Crippen LogP contribution in [0.4, 0.5) is 0 Å². The Labute approximate surface area is 103 Å². The third kappa shape index (κ3) is 3.54. The zero-order chi connectivity index (χ0) is 12.3. The second-order valence-corrected chi connectivity index (χ2v) is 6.57. The number of hydrogen-bond donors (Lipinski definition) is 1. The Morgan fingerprint density at radius 3 is 2.38 bits per heavy atom. The Morgan fingerprint density at radius 2 is 1.94 bits per heavy atom. The quantitative estimate of drug-likeness (QED) is 0.876. The van der Waals surface area contributed by atoms with Crippen molar-refractivity contribution in [3.05, 3.63) is 15.6 Å². The van der Waals surface area contributed by atoms with Crippen molar-refractivity contribution >= 4 is 11.3 Å². The van der Waals surface area contributed by atoms with Gasteiger partial charge in [-0.25, -0.2) is 4.98 Å². The maximum atomic E-state index is 4.78. The molecule has 0 aromatic carbocycles. The summed E-state index contributed by atoms with van der Waals surface area (Å²) in [6, 6.07) is 0. The van der Waals surface area contributed by atoms with Crippen molar-refractivity contribution in [2.24, 2.45) is 0 Å². The van der Waals surface area contributed by atoms with Gasteiger partial charge in [-0.2, -0.15) is 0 Å². The van der Waals surface area contributed by atoms with E-state index in [1.165, 1.54) is 15.6 Å². The van der Waals surface area contributed by atoms with Crippen LogP contribution in [-0.2, 0) is 18.5 Å². The maximum Gasteiger partial charge on any atom is 0.107 e. The fourth-order valence-corrected chi connectivity index (χ4v) is 3.01. The first kappa shape index (κ1) is 13.6. The number of hydrogen-bond acceptors (Lipinski definition) is 4. The highest BCUT2D eigenvalue weighted by atomic mass is 32.1. The van der Waals surface area contributed by atoms with E-state index in [1.54, 1.807) is 0 Å². The molecule has 0 aliphatic carbocycles. The average Bonchev–Trinajstić information content (AvgIpc) is 2.46. The minimum Gasteiger partial charge on any atom is -0.315 e. The average molecular weight is 241 g/mol. The fourth-order valence-electron chi connectivity index (χ4n) is 1.60. The Balaban J connectivity index is 3.00. The topological polar surface area (TPSA) is 28.2 Å².